The van der Waals surface area contributed by atoms with E-state index in [1.54, 1.807) is 0 Å². The molecule has 0 aromatic rings. The number of amides is 2. The Bertz CT molecular complexity index is 489. The van der Waals surface area contributed by atoms with E-state index in [9.17, 15) is 9.59 Å². The van der Waals surface area contributed by atoms with E-state index in [1.807, 2.05) is 6.92 Å². The zero-order valence-electron chi connectivity index (χ0n) is 15.2. The molecule has 6 nitrogen and oxygen atoms in total. The molecule has 2 aliphatic rings. The molecule has 7 heteroatoms. The van der Waals surface area contributed by atoms with Gasteiger partial charge in [0.15, 0.2) is 5.96 Å². The summed E-state index contributed by atoms with van der Waals surface area (Å²) in [4.78, 5) is 29.5. The molecule has 1 aliphatic carbocycles. The number of imide groups is 1. The number of hydrogen-bond donors (Lipinski definition) is 2. The second kappa shape index (κ2) is 12.3. The lowest BCUT2D eigenvalue weighted by Gasteiger charge is -2.25. The Kier molecular flexibility index (Phi) is 10.8. The molecule has 0 unspecified atom stereocenters. The van der Waals surface area contributed by atoms with E-state index in [1.165, 1.54) is 36.2 Å². The molecule has 1 fully saturated rings. The molecule has 142 valence electrons. The molecule has 2 amide bonds. The fourth-order valence-electron chi connectivity index (χ4n) is 3.12. The van der Waals surface area contributed by atoms with Crippen molar-refractivity contribution < 1.29 is 9.59 Å². The second-order valence-corrected chi connectivity index (χ2v) is 6.34. The van der Waals surface area contributed by atoms with Gasteiger partial charge in [-0.25, -0.2) is 0 Å². The van der Waals surface area contributed by atoms with Crippen LogP contribution in [0.25, 0.3) is 0 Å². The number of likely N-dealkylation sites (tertiary alicyclic amines) is 1. The number of aliphatic imine (C=N–C) groups is 1. The molecular weight excluding hydrogens is 431 g/mol. The zero-order valence-corrected chi connectivity index (χ0v) is 17.5. The number of hydrogen-bond acceptors (Lipinski definition) is 3. The number of rotatable bonds is 7. The lowest BCUT2D eigenvalue weighted by Crippen LogP contribution is -2.46. The maximum absolute atomic E-state index is 11.8. The van der Waals surface area contributed by atoms with E-state index < -0.39 is 0 Å². The van der Waals surface area contributed by atoms with Gasteiger partial charge < -0.3 is 10.6 Å². The molecule has 2 N–H and O–H groups in total. The largest absolute Gasteiger partial charge is 0.357 e. The first kappa shape index (κ1) is 21.9. The summed E-state index contributed by atoms with van der Waals surface area (Å²) in [7, 11) is 0. The maximum atomic E-state index is 11.8. The summed E-state index contributed by atoms with van der Waals surface area (Å²) in [5, 5.41) is 6.43. The number of carbonyl (C=O) groups excluding carboxylic acids is 2. The van der Waals surface area contributed by atoms with Crippen LogP contribution in [0, 0.1) is 0 Å². The molecule has 0 bridgehead atoms. The van der Waals surface area contributed by atoms with Crippen LogP contribution in [0.4, 0.5) is 0 Å². The van der Waals surface area contributed by atoms with Crippen LogP contribution in [0.2, 0.25) is 0 Å². The predicted molar refractivity (Wildman–Crippen MR) is 111 cm³/mol. The highest BCUT2D eigenvalue weighted by atomic mass is 127. The molecule has 25 heavy (non-hydrogen) atoms. The van der Waals surface area contributed by atoms with Gasteiger partial charge in [-0.1, -0.05) is 11.6 Å². The standard InChI is InChI=1S/C18H30N4O2.HI/c1-2-19-18(20-12-11-15-7-4-3-5-8-15)21-13-14-22-16(23)9-6-10-17(22)24;/h7H,2-6,8-14H2,1H3,(H2,19,20,21);1H. The first-order valence-electron chi connectivity index (χ1n) is 9.24. The van der Waals surface area contributed by atoms with Gasteiger partial charge >= 0.3 is 0 Å². The highest BCUT2D eigenvalue weighted by molar-refractivity contribution is 14.0. The van der Waals surface area contributed by atoms with Crippen molar-refractivity contribution in [1.29, 1.82) is 0 Å². The normalized spacial score (nSPS) is 18.5. The fourth-order valence-corrected chi connectivity index (χ4v) is 3.12. The minimum absolute atomic E-state index is 0. The third-order valence-corrected chi connectivity index (χ3v) is 4.44. The van der Waals surface area contributed by atoms with Crippen LogP contribution >= 0.6 is 24.0 Å². The SMILES string of the molecule is CCNC(=NCCC1=CCCCC1)NCCN1C(=O)CCCC1=O.I. The maximum Gasteiger partial charge on any atom is 0.229 e. The van der Waals surface area contributed by atoms with Gasteiger partial charge in [0.25, 0.3) is 0 Å². The van der Waals surface area contributed by atoms with Crippen LogP contribution in [0.5, 0.6) is 0 Å². The van der Waals surface area contributed by atoms with Crippen LogP contribution in [-0.4, -0.2) is 48.9 Å². The van der Waals surface area contributed by atoms with Crippen molar-refractivity contribution in [3.63, 3.8) is 0 Å². The van der Waals surface area contributed by atoms with E-state index in [-0.39, 0.29) is 35.8 Å². The lowest BCUT2D eigenvalue weighted by molar-refractivity contribution is -0.147. The minimum Gasteiger partial charge on any atom is -0.357 e. The monoisotopic (exact) mass is 462 g/mol. The number of nitrogens with one attached hydrogen (secondary N) is 2. The van der Waals surface area contributed by atoms with Crippen molar-refractivity contribution in [2.45, 2.75) is 58.3 Å². The molecule has 0 saturated carbocycles. The molecule has 0 aromatic carbocycles. The van der Waals surface area contributed by atoms with Gasteiger partial charge in [-0.15, -0.1) is 24.0 Å². The summed E-state index contributed by atoms with van der Waals surface area (Å²) < 4.78 is 0. The molecule has 0 atom stereocenters. The molecule has 1 saturated heterocycles. The van der Waals surface area contributed by atoms with Crippen molar-refractivity contribution in [2.75, 3.05) is 26.2 Å². The van der Waals surface area contributed by atoms with E-state index >= 15 is 0 Å². The molecule has 0 radical (unpaired) electrons. The van der Waals surface area contributed by atoms with Gasteiger partial charge in [0, 0.05) is 39.0 Å². The predicted octanol–water partition coefficient (Wildman–Crippen LogP) is 2.59. The third-order valence-electron chi connectivity index (χ3n) is 4.44. The average Bonchev–Trinajstić information content (AvgIpc) is 2.58. The van der Waals surface area contributed by atoms with Crippen LogP contribution < -0.4 is 10.6 Å². The van der Waals surface area contributed by atoms with Crippen LogP contribution in [0.15, 0.2) is 16.6 Å². The molecular formula is C18H31IN4O2. The third kappa shape index (κ3) is 7.75. The van der Waals surface area contributed by atoms with Crippen molar-refractivity contribution in [1.82, 2.24) is 15.5 Å². The zero-order chi connectivity index (χ0) is 17.2. The first-order valence-corrected chi connectivity index (χ1v) is 9.24. The van der Waals surface area contributed by atoms with Crippen LogP contribution in [-0.2, 0) is 9.59 Å². The lowest BCUT2D eigenvalue weighted by atomic mass is 9.97. The van der Waals surface area contributed by atoms with E-state index in [2.05, 4.69) is 21.7 Å². The summed E-state index contributed by atoms with van der Waals surface area (Å²) in [5.74, 6) is 0.643. The summed E-state index contributed by atoms with van der Waals surface area (Å²) >= 11 is 0. The number of guanidine groups is 1. The summed E-state index contributed by atoms with van der Waals surface area (Å²) in [6.07, 6.45) is 10.0. The van der Waals surface area contributed by atoms with E-state index in [0.717, 1.165) is 25.5 Å². The number of piperidine rings is 1. The van der Waals surface area contributed by atoms with Gasteiger partial charge in [0.05, 0.1) is 0 Å². The summed E-state index contributed by atoms with van der Waals surface area (Å²) in [6, 6.07) is 0. The molecule has 1 aliphatic heterocycles. The van der Waals surface area contributed by atoms with Crippen molar-refractivity contribution in [2.24, 2.45) is 4.99 Å². The highest BCUT2D eigenvalue weighted by Crippen LogP contribution is 2.19. The Hall–Kier alpha value is -1.12. The van der Waals surface area contributed by atoms with Gasteiger partial charge in [0.1, 0.15) is 0 Å². The Morgan fingerprint density at radius 3 is 2.52 bits per heavy atom. The van der Waals surface area contributed by atoms with Gasteiger partial charge in [-0.05, 0) is 45.4 Å². The number of halogens is 1. The summed E-state index contributed by atoms with van der Waals surface area (Å²) in [6.45, 7) is 4.52. The molecule has 0 aromatic heterocycles. The van der Waals surface area contributed by atoms with Crippen LogP contribution in [0.3, 0.4) is 0 Å². The van der Waals surface area contributed by atoms with Gasteiger partial charge in [0.2, 0.25) is 11.8 Å². The first-order chi connectivity index (χ1) is 11.7. The quantitative estimate of drug-likeness (QED) is 0.201. The number of carbonyl (C=O) groups is 2. The fraction of sp³-hybridized carbons (Fsp3) is 0.722. The van der Waals surface area contributed by atoms with E-state index in [0.29, 0.717) is 32.4 Å². The van der Waals surface area contributed by atoms with Crippen molar-refractivity contribution in [3.05, 3.63) is 11.6 Å². The minimum atomic E-state index is -0.0563. The van der Waals surface area contributed by atoms with Crippen molar-refractivity contribution in [3.8, 4) is 0 Å². The average molecular weight is 462 g/mol. The Morgan fingerprint density at radius 2 is 1.88 bits per heavy atom. The molecule has 0 spiro atoms. The number of nitrogens with zero attached hydrogens (tertiary/aromatic N) is 2. The Morgan fingerprint density at radius 1 is 1.12 bits per heavy atom. The Balaban J connectivity index is 0.00000312. The topological polar surface area (TPSA) is 73.8 Å². The van der Waals surface area contributed by atoms with Crippen molar-refractivity contribution >= 4 is 41.8 Å². The Labute approximate surface area is 167 Å². The van der Waals surface area contributed by atoms with Gasteiger partial charge in [-0.3, -0.25) is 19.5 Å². The molecule has 2 rings (SSSR count). The van der Waals surface area contributed by atoms with Gasteiger partial charge in [-0.2, -0.15) is 0 Å². The second-order valence-electron chi connectivity index (χ2n) is 6.34. The number of allylic oxidation sites excluding steroid dienone is 1. The van der Waals surface area contributed by atoms with E-state index in [4.69, 9.17) is 0 Å². The van der Waals surface area contributed by atoms with Crippen LogP contribution in [0.1, 0.15) is 58.3 Å². The highest BCUT2D eigenvalue weighted by Gasteiger charge is 2.25. The molecule has 1 heterocycles. The smallest absolute Gasteiger partial charge is 0.229 e. The summed E-state index contributed by atoms with van der Waals surface area (Å²) in [5.41, 5.74) is 1.52.